The quantitative estimate of drug-likeness (QED) is 0.571. The zero-order valence-corrected chi connectivity index (χ0v) is 6.35. The Hall–Kier alpha value is -0.980. The topological polar surface area (TPSA) is 12.0 Å². The monoisotopic (exact) mass is 135 g/mol. The minimum atomic E-state index is 1.09. The first-order valence-electron chi connectivity index (χ1n) is 3.57. The van der Waals surface area contributed by atoms with Crippen LogP contribution in [-0.2, 0) is 0 Å². The van der Waals surface area contributed by atoms with Gasteiger partial charge in [0.15, 0.2) is 0 Å². The first-order valence-corrected chi connectivity index (χ1v) is 3.57. The number of hydrogen-bond acceptors (Lipinski definition) is 1. The Morgan fingerprint density at radius 2 is 2.40 bits per heavy atom. The van der Waals surface area contributed by atoms with Gasteiger partial charge in [-0.2, -0.15) is 0 Å². The minimum Gasteiger partial charge on any atom is -0.388 e. The van der Waals surface area contributed by atoms with Crippen molar-refractivity contribution < 1.29 is 0 Å². The van der Waals surface area contributed by atoms with E-state index in [1.807, 2.05) is 6.08 Å². The lowest BCUT2D eigenvalue weighted by Gasteiger charge is -1.92. The highest BCUT2D eigenvalue weighted by molar-refractivity contribution is 5.29. The van der Waals surface area contributed by atoms with Crippen LogP contribution < -0.4 is 5.32 Å². The van der Waals surface area contributed by atoms with Gasteiger partial charge in [0.25, 0.3) is 0 Å². The molecule has 1 rings (SSSR count). The Bertz CT molecular complexity index is 187. The highest BCUT2D eigenvalue weighted by Crippen LogP contribution is 2.13. The summed E-state index contributed by atoms with van der Waals surface area (Å²) >= 11 is 0. The molecule has 1 aliphatic rings. The lowest BCUT2D eigenvalue weighted by Crippen LogP contribution is -2.03. The maximum absolute atomic E-state index is 3.62. The molecule has 0 aromatic rings. The predicted molar refractivity (Wildman–Crippen MR) is 44.7 cm³/mol. The maximum atomic E-state index is 3.62. The van der Waals surface area contributed by atoms with Crippen molar-refractivity contribution >= 4 is 0 Å². The molecule has 0 aromatic heterocycles. The molecule has 0 fully saturated rings. The molecule has 54 valence electrons. The van der Waals surface area contributed by atoms with Gasteiger partial charge in [0, 0.05) is 12.2 Å². The van der Waals surface area contributed by atoms with Crippen LogP contribution in [-0.4, -0.2) is 6.54 Å². The van der Waals surface area contributed by atoms with Gasteiger partial charge >= 0.3 is 0 Å². The molecule has 0 saturated heterocycles. The zero-order chi connectivity index (χ0) is 7.40. The van der Waals surface area contributed by atoms with Crippen molar-refractivity contribution in [1.82, 2.24) is 5.32 Å². The summed E-state index contributed by atoms with van der Waals surface area (Å²) in [5.74, 6) is 0. The number of rotatable bonds is 2. The maximum Gasteiger partial charge on any atom is 0.0185 e. The first kappa shape index (κ1) is 7.13. The summed E-state index contributed by atoms with van der Waals surface area (Å²) in [5, 5.41) is 3.27. The number of allylic oxidation sites excluding steroid dienone is 4. The Morgan fingerprint density at radius 1 is 1.60 bits per heavy atom. The summed E-state index contributed by atoms with van der Waals surface area (Å²) in [7, 11) is 0. The third-order valence-electron chi connectivity index (χ3n) is 1.70. The fourth-order valence-electron chi connectivity index (χ4n) is 1.08. The van der Waals surface area contributed by atoms with Gasteiger partial charge < -0.3 is 5.32 Å². The Morgan fingerprint density at radius 3 is 2.90 bits per heavy atom. The van der Waals surface area contributed by atoms with Crippen LogP contribution >= 0.6 is 0 Å². The third kappa shape index (κ3) is 1.50. The smallest absolute Gasteiger partial charge is 0.0185 e. The Labute approximate surface area is 62.1 Å². The van der Waals surface area contributed by atoms with Crippen LogP contribution in [0.1, 0.15) is 13.3 Å². The Kier molecular flexibility index (Phi) is 2.32. The van der Waals surface area contributed by atoms with E-state index in [4.69, 9.17) is 0 Å². The summed E-state index contributed by atoms with van der Waals surface area (Å²) in [6.07, 6.45) is 7.04. The molecule has 0 aliphatic carbocycles. The molecule has 0 bridgehead atoms. The fourth-order valence-corrected chi connectivity index (χ4v) is 1.08. The van der Waals surface area contributed by atoms with Crippen molar-refractivity contribution in [2.45, 2.75) is 13.3 Å². The molecule has 0 saturated carbocycles. The predicted octanol–water partition coefficient (Wildman–Crippen LogP) is 2.00. The van der Waals surface area contributed by atoms with Crippen LogP contribution in [0.15, 0.2) is 36.1 Å². The van der Waals surface area contributed by atoms with Crippen molar-refractivity contribution in [3.63, 3.8) is 0 Å². The molecule has 1 heterocycles. The van der Waals surface area contributed by atoms with Gasteiger partial charge in [-0.25, -0.2) is 0 Å². The van der Waals surface area contributed by atoms with E-state index in [9.17, 15) is 0 Å². The van der Waals surface area contributed by atoms with Crippen molar-refractivity contribution in [3.05, 3.63) is 36.1 Å². The van der Waals surface area contributed by atoms with Crippen molar-refractivity contribution in [2.75, 3.05) is 6.54 Å². The molecule has 1 aliphatic heterocycles. The summed E-state index contributed by atoms with van der Waals surface area (Å²) in [6, 6.07) is 0. The highest BCUT2D eigenvalue weighted by Gasteiger charge is 2.04. The molecule has 1 heteroatoms. The second-order valence-electron chi connectivity index (χ2n) is 2.42. The van der Waals surface area contributed by atoms with Gasteiger partial charge in [-0.3, -0.25) is 0 Å². The molecular formula is C9H13N. The lowest BCUT2D eigenvalue weighted by molar-refractivity contribution is 0.874. The first-order chi connectivity index (χ1) is 4.84. The average molecular weight is 135 g/mol. The second kappa shape index (κ2) is 3.25. The Balaban J connectivity index is 2.62. The van der Waals surface area contributed by atoms with E-state index >= 15 is 0 Å². The lowest BCUT2D eigenvalue weighted by atomic mass is 10.2. The van der Waals surface area contributed by atoms with Gasteiger partial charge in [-0.1, -0.05) is 24.8 Å². The van der Waals surface area contributed by atoms with Gasteiger partial charge in [0.1, 0.15) is 0 Å². The molecule has 1 N–H and O–H groups in total. The van der Waals surface area contributed by atoms with Gasteiger partial charge in [-0.05, 0) is 18.9 Å². The van der Waals surface area contributed by atoms with Crippen LogP contribution in [0.25, 0.3) is 0 Å². The van der Waals surface area contributed by atoms with Crippen LogP contribution in [0.2, 0.25) is 0 Å². The summed E-state index contributed by atoms with van der Waals surface area (Å²) in [6.45, 7) is 6.81. The summed E-state index contributed by atoms with van der Waals surface area (Å²) in [5.41, 5.74) is 2.71. The molecule has 0 amide bonds. The molecule has 0 aromatic carbocycles. The third-order valence-corrected chi connectivity index (χ3v) is 1.70. The van der Waals surface area contributed by atoms with Crippen LogP contribution in [0.3, 0.4) is 0 Å². The molecule has 0 unspecified atom stereocenters. The van der Waals surface area contributed by atoms with Crippen molar-refractivity contribution in [1.29, 1.82) is 0 Å². The molecule has 0 spiro atoms. The van der Waals surface area contributed by atoms with E-state index in [1.165, 1.54) is 11.3 Å². The standard InChI is InChI=1S/C9H13N/c1-3-4-5-9-6-7-10-8(9)2/h3-5,10H,1,6-7H2,2H3/b5-4-. The van der Waals surface area contributed by atoms with Crippen LogP contribution in [0.4, 0.5) is 0 Å². The average Bonchev–Trinajstić information content (AvgIpc) is 2.31. The highest BCUT2D eigenvalue weighted by atomic mass is 14.9. The van der Waals surface area contributed by atoms with Gasteiger partial charge in [0.2, 0.25) is 0 Å². The van der Waals surface area contributed by atoms with E-state index in [-0.39, 0.29) is 0 Å². The molecule has 0 radical (unpaired) electrons. The second-order valence-corrected chi connectivity index (χ2v) is 2.42. The van der Waals surface area contributed by atoms with Gasteiger partial charge in [-0.15, -0.1) is 0 Å². The van der Waals surface area contributed by atoms with E-state index in [0.29, 0.717) is 0 Å². The minimum absolute atomic E-state index is 1.09. The molecule has 0 atom stereocenters. The molecule has 10 heavy (non-hydrogen) atoms. The van der Waals surface area contributed by atoms with E-state index < -0.39 is 0 Å². The number of hydrogen-bond donors (Lipinski definition) is 1. The van der Waals surface area contributed by atoms with Gasteiger partial charge in [0.05, 0.1) is 0 Å². The molecule has 1 nitrogen and oxygen atoms in total. The summed E-state index contributed by atoms with van der Waals surface area (Å²) < 4.78 is 0. The summed E-state index contributed by atoms with van der Waals surface area (Å²) in [4.78, 5) is 0. The van der Waals surface area contributed by atoms with Crippen molar-refractivity contribution in [2.24, 2.45) is 0 Å². The van der Waals surface area contributed by atoms with Crippen molar-refractivity contribution in [3.8, 4) is 0 Å². The fraction of sp³-hybridized carbons (Fsp3) is 0.333. The largest absolute Gasteiger partial charge is 0.388 e. The van der Waals surface area contributed by atoms with E-state index in [1.54, 1.807) is 6.08 Å². The SMILES string of the molecule is C=C/C=C\C1=C(C)NCC1. The van der Waals surface area contributed by atoms with E-state index in [0.717, 1.165) is 13.0 Å². The zero-order valence-electron chi connectivity index (χ0n) is 6.35. The molecular weight excluding hydrogens is 122 g/mol. The van der Waals surface area contributed by atoms with Crippen LogP contribution in [0, 0.1) is 0 Å². The number of nitrogens with one attached hydrogen (secondary N) is 1. The van der Waals surface area contributed by atoms with Crippen LogP contribution in [0.5, 0.6) is 0 Å². The van der Waals surface area contributed by atoms with E-state index in [2.05, 4.69) is 24.9 Å². The normalized spacial score (nSPS) is 18.1.